The third kappa shape index (κ3) is 6.62. The Morgan fingerprint density at radius 2 is 1.31 bits per heavy atom. The molecule has 0 amide bonds. The van der Waals surface area contributed by atoms with E-state index in [4.69, 9.17) is 11.6 Å². The van der Waals surface area contributed by atoms with Crippen LogP contribution in [0, 0.1) is 0 Å². The van der Waals surface area contributed by atoms with Crippen LogP contribution in [0.25, 0.3) is 50.6 Å². The fourth-order valence-corrected chi connectivity index (χ4v) is 6.53. The highest BCUT2D eigenvalue weighted by molar-refractivity contribution is 6.30. The molecular formula is C43H39ClN4. The maximum absolute atomic E-state index is 6.31. The molecule has 0 aliphatic heterocycles. The van der Waals surface area contributed by atoms with Crippen LogP contribution in [-0.2, 0) is 6.42 Å². The van der Waals surface area contributed by atoms with Crippen molar-refractivity contribution in [2.45, 2.75) is 45.6 Å². The molecule has 5 heteroatoms. The van der Waals surface area contributed by atoms with Crippen LogP contribution in [-0.4, -0.2) is 19.6 Å². The minimum absolute atomic E-state index is 0.0186. The molecule has 238 valence electrons. The van der Waals surface area contributed by atoms with Crippen molar-refractivity contribution >= 4 is 11.6 Å². The maximum Gasteiger partial charge on any atom is 0.113 e. The third-order valence-corrected chi connectivity index (χ3v) is 9.38. The van der Waals surface area contributed by atoms with Crippen LogP contribution < -0.4 is 0 Å². The number of benzene rings is 5. The van der Waals surface area contributed by atoms with Crippen molar-refractivity contribution < 1.29 is 0 Å². The number of aromatic nitrogens is 4. The Morgan fingerprint density at radius 3 is 1.98 bits per heavy atom. The molecule has 48 heavy (non-hydrogen) atoms. The van der Waals surface area contributed by atoms with Gasteiger partial charge in [-0.05, 0) is 77.9 Å². The van der Waals surface area contributed by atoms with E-state index in [1.807, 2.05) is 16.8 Å². The molecule has 0 aliphatic rings. The van der Waals surface area contributed by atoms with E-state index in [1.54, 1.807) is 0 Å². The number of unbranched alkanes of at least 4 members (excludes halogenated alkanes) is 2. The van der Waals surface area contributed by atoms with Crippen molar-refractivity contribution in [1.29, 1.82) is 0 Å². The first-order valence-corrected chi connectivity index (χ1v) is 17.2. The first-order valence-electron chi connectivity index (χ1n) is 16.8. The van der Waals surface area contributed by atoms with Gasteiger partial charge < -0.3 is 4.57 Å². The zero-order valence-electron chi connectivity index (χ0n) is 27.4. The molecule has 7 rings (SSSR count). The van der Waals surface area contributed by atoms with E-state index < -0.39 is 0 Å². The fourth-order valence-electron chi connectivity index (χ4n) is 6.40. The van der Waals surface area contributed by atoms with Gasteiger partial charge in [-0.25, -0.2) is 4.68 Å². The van der Waals surface area contributed by atoms with Gasteiger partial charge in [0.25, 0.3) is 0 Å². The van der Waals surface area contributed by atoms with Crippen LogP contribution in [0.4, 0.5) is 0 Å². The van der Waals surface area contributed by atoms with Gasteiger partial charge in [0.2, 0.25) is 0 Å². The van der Waals surface area contributed by atoms with E-state index >= 15 is 0 Å². The van der Waals surface area contributed by atoms with Crippen LogP contribution in [0.3, 0.4) is 0 Å². The zero-order chi connectivity index (χ0) is 32.9. The normalized spacial score (nSPS) is 11.9. The summed E-state index contributed by atoms with van der Waals surface area (Å²) in [6.07, 6.45) is 6.92. The molecule has 4 nitrogen and oxygen atoms in total. The standard InChI is InChI=1S/C43H39ClN4/c1-3-4-7-12-32-17-19-35(20-18-32)41-30-47(46-45-41)31(2)33-23-27-39(28-24-33)48-42(36-13-8-5-9-14-36)29-40(34-21-25-38(44)26-22-34)43(48)37-15-10-6-11-16-37/h5-6,8-11,13-31H,3-4,7,12H2,1-2H3. The SMILES string of the molecule is CCCCCc1ccc(-c2cn(C(C)c3ccc(-n4c(-c5ccccc5)cc(-c5ccc(Cl)cc5)c4-c4ccccc4)cc3)nn2)cc1. The summed E-state index contributed by atoms with van der Waals surface area (Å²) in [4.78, 5) is 0. The average Bonchev–Trinajstić information content (AvgIpc) is 3.80. The van der Waals surface area contributed by atoms with Gasteiger partial charge in [-0.15, -0.1) is 5.10 Å². The summed E-state index contributed by atoms with van der Waals surface area (Å²) in [6, 6.07) is 49.3. The molecule has 0 saturated carbocycles. The largest absolute Gasteiger partial charge is 0.309 e. The van der Waals surface area contributed by atoms with Gasteiger partial charge in [-0.2, -0.15) is 0 Å². The molecule has 1 unspecified atom stereocenters. The van der Waals surface area contributed by atoms with Crippen molar-refractivity contribution in [3.05, 3.63) is 162 Å². The summed E-state index contributed by atoms with van der Waals surface area (Å²) in [5.41, 5.74) is 12.4. The lowest BCUT2D eigenvalue weighted by atomic mass is 10.0. The highest BCUT2D eigenvalue weighted by atomic mass is 35.5. The molecule has 1 atom stereocenters. The molecule has 0 radical (unpaired) electrons. The number of nitrogens with zero attached hydrogens (tertiary/aromatic N) is 4. The van der Waals surface area contributed by atoms with E-state index in [2.05, 4.69) is 162 Å². The van der Waals surface area contributed by atoms with Gasteiger partial charge in [0.05, 0.1) is 23.6 Å². The summed E-state index contributed by atoms with van der Waals surface area (Å²) in [7, 11) is 0. The monoisotopic (exact) mass is 646 g/mol. The van der Waals surface area contributed by atoms with Gasteiger partial charge in [-0.1, -0.05) is 146 Å². The van der Waals surface area contributed by atoms with Crippen molar-refractivity contribution in [3.63, 3.8) is 0 Å². The van der Waals surface area contributed by atoms with E-state index in [9.17, 15) is 0 Å². The smallest absolute Gasteiger partial charge is 0.113 e. The van der Waals surface area contributed by atoms with Gasteiger partial charge in [0.15, 0.2) is 0 Å². The molecule has 0 aliphatic carbocycles. The molecule has 0 N–H and O–H groups in total. The summed E-state index contributed by atoms with van der Waals surface area (Å²) >= 11 is 6.31. The minimum Gasteiger partial charge on any atom is -0.309 e. The minimum atomic E-state index is 0.0186. The quantitative estimate of drug-likeness (QED) is 0.131. The Hall–Kier alpha value is -5.19. The summed E-state index contributed by atoms with van der Waals surface area (Å²) in [6.45, 7) is 4.41. The number of halogens is 1. The molecular weight excluding hydrogens is 608 g/mol. The van der Waals surface area contributed by atoms with Crippen molar-refractivity contribution in [1.82, 2.24) is 19.6 Å². The van der Waals surface area contributed by atoms with Crippen LogP contribution in [0.15, 0.2) is 146 Å². The Balaban J connectivity index is 1.24. The fraction of sp³-hybridized carbons (Fsp3) is 0.163. The van der Waals surface area contributed by atoms with Gasteiger partial charge >= 0.3 is 0 Å². The molecule has 0 saturated heterocycles. The van der Waals surface area contributed by atoms with Crippen LogP contribution >= 0.6 is 11.6 Å². The Labute approximate surface area is 288 Å². The number of hydrogen-bond donors (Lipinski definition) is 0. The molecule has 0 spiro atoms. The summed E-state index contributed by atoms with van der Waals surface area (Å²) < 4.78 is 4.33. The van der Waals surface area contributed by atoms with Crippen molar-refractivity contribution in [2.24, 2.45) is 0 Å². The zero-order valence-corrected chi connectivity index (χ0v) is 28.2. The molecule has 0 fully saturated rings. The maximum atomic E-state index is 6.31. The second-order valence-corrected chi connectivity index (χ2v) is 12.8. The lowest BCUT2D eigenvalue weighted by Crippen LogP contribution is -2.08. The first kappa shape index (κ1) is 31.4. The van der Waals surface area contributed by atoms with Gasteiger partial charge in [0, 0.05) is 21.8 Å². The Kier molecular flexibility index (Phi) is 9.35. The molecule has 2 heterocycles. The second-order valence-electron chi connectivity index (χ2n) is 12.4. The number of aryl methyl sites for hydroxylation is 1. The summed E-state index contributed by atoms with van der Waals surface area (Å²) in [5.74, 6) is 0. The average molecular weight is 647 g/mol. The molecule has 0 bridgehead atoms. The molecule has 7 aromatic rings. The predicted octanol–water partition coefficient (Wildman–Crippen LogP) is 11.7. The predicted molar refractivity (Wildman–Crippen MR) is 200 cm³/mol. The topological polar surface area (TPSA) is 35.6 Å². The number of rotatable bonds is 11. The molecule has 5 aromatic carbocycles. The Morgan fingerprint density at radius 1 is 0.667 bits per heavy atom. The second kappa shape index (κ2) is 14.3. The summed E-state index contributed by atoms with van der Waals surface area (Å²) in [5, 5.41) is 9.79. The highest BCUT2D eigenvalue weighted by Gasteiger charge is 2.21. The van der Waals surface area contributed by atoms with Gasteiger partial charge in [0.1, 0.15) is 5.69 Å². The first-order chi connectivity index (χ1) is 23.6. The van der Waals surface area contributed by atoms with E-state index in [0.717, 1.165) is 67.6 Å². The van der Waals surface area contributed by atoms with E-state index in [-0.39, 0.29) is 6.04 Å². The molecule has 2 aromatic heterocycles. The van der Waals surface area contributed by atoms with Crippen molar-refractivity contribution in [2.75, 3.05) is 0 Å². The lowest BCUT2D eigenvalue weighted by molar-refractivity contribution is 0.543. The van der Waals surface area contributed by atoms with Crippen LogP contribution in [0.5, 0.6) is 0 Å². The number of hydrogen-bond acceptors (Lipinski definition) is 2. The van der Waals surface area contributed by atoms with Gasteiger partial charge in [-0.3, -0.25) is 0 Å². The van der Waals surface area contributed by atoms with Crippen LogP contribution in [0.2, 0.25) is 5.02 Å². The lowest BCUT2D eigenvalue weighted by Gasteiger charge is -2.17. The van der Waals surface area contributed by atoms with Crippen molar-refractivity contribution in [3.8, 4) is 50.6 Å². The van der Waals surface area contributed by atoms with E-state index in [1.165, 1.54) is 24.8 Å². The van der Waals surface area contributed by atoms with Crippen LogP contribution in [0.1, 0.15) is 50.3 Å². The Bertz CT molecular complexity index is 2080. The third-order valence-electron chi connectivity index (χ3n) is 9.13. The van der Waals surface area contributed by atoms with E-state index in [0.29, 0.717) is 0 Å². The highest BCUT2D eigenvalue weighted by Crippen LogP contribution is 2.41.